The van der Waals surface area contributed by atoms with Crippen molar-refractivity contribution in [3.05, 3.63) is 35.6 Å². The van der Waals surface area contributed by atoms with E-state index in [4.69, 9.17) is 9.47 Å². The van der Waals surface area contributed by atoms with Crippen LogP contribution in [0.15, 0.2) is 24.3 Å². The van der Waals surface area contributed by atoms with Gasteiger partial charge in [-0.05, 0) is 70.4 Å². The predicted octanol–water partition coefficient (Wildman–Crippen LogP) is 4.45. The predicted molar refractivity (Wildman–Crippen MR) is 111 cm³/mol. The summed E-state index contributed by atoms with van der Waals surface area (Å²) < 4.78 is 25.5. The number of ether oxygens (including phenoxy) is 2. The molecule has 3 rings (SSSR count). The number of hydrogen-bond donors (Lipinski definition) is 0. The van der Waals surface area contributed by atoms with E-state index < -0.39 is 5.60 Å². The minimum atomic E-state index is -0.474. The maximum Gasteiger partial charge on any atom is 0.410 e. The van der Waals surface area contributed by atoms with E-state index in [1.165, 1.54) is 0 Å². The summed E-state index contributed by atoms with van der Waals surface area (Å²) in [5, 5.41) is 0. The van der Waals surface area contributed by atoms with Gasteiger partial charge in [0.1, 0.15) is 17.1 Å². The molecule has 1 aliphatic heterocycles. The second kappa shape index (κ2) is 9.00. The van der Waals surface area contributed by atoms with Crippen LogP contribution in [0.5, 0.6) is 0 Å². The third-order valence-electron chi connectivity index (χ3n) is 6.24. The molecule has 0 spiro atoms. The number of amides is 1. The van der Waals surface area contributed by atoms with Gasteiger partial charge in [-0.15, -0.1) is 0 Å². The van der Waals surface area contributed by atoms with Gasteiger partial charge in [-0.3, -0.25) is 4.90 Å². The van der Waals surface area contributed by atoms with Crippen LogP contribution in [0.4, 0.5) is 9.18 Å². The Hall–Kier alpha value is -1.66. The number of halogens is 1. The molecule has 1 saturated heterocycles. The minimum absolute atomic E-state index is 0.102. The quantitative estimate of drug-likeness (QED) is 0.741. The summed E-state index contributed by atoms with van der Waals surface area (Å²) in [5.41, 5.74) is 0.0676. The van der Waals surface area contributed by atoms with E-state index in [9.17, 15) is 9.18 Å². The fourth-order valence-electron chi connectivity index (χ4n) is 4.58. The van der Waals surface area contributed by atoms with Crippen molar-refractivity contribution < 1.29 is 18.7 Å². The molecule has 0 radical (unpaired) electrons. The average molecular weight is 407 g/mol. The third-order valence-corrected chi connectivity index (χ3v) is 6.24. The molecule has 0 bridgehead atoms. The second-order valence-electron chi connectivity index (χ2n) is 9.34. The first-order valence-corrected chi connectivity index (χ1v) is 10.7. The summed E-state index contributed by atoms with van der Waals surface area (Å²) in [6.45, 7) is 8.54. The third kappa shape index (κ3) is 5.48. The molecule has 0 aromatic heterocycles. The average Bonchev–Trinajstić information content (AvgIpc) is 2.69. The van der Waals surface area contributed by atoms with E-state index in [2.05, 4.69) is 4.90 Å². The molecule has 0 N–H and O–H groups in total. The molecule has 2 aliphatic rings. The molecule has 29 heavy (non-hydrogen) atoms. The van der Waals surface area contributed by atoms with Crippen LogP contribution < -0.4 is 0 Å². The van der Waals surface area contributed by atoms with Crippen LogP contribution in [0.25, 0.3) is 0 Å². The fraction of sp³-hybridized carbons (Fsp3) is 0.696. The smallest absolute Gasteiger partial charge is 0.410 e. The van der Waals surface area contributed by atoms with Crippen molar-refractivity contribution in [3.63, 3.8) is 0 Å². The summed E-state index contributed by atoms with van der Waals surface area (Å²) in [5.74, 6) is 0.382. The van der Waals surface area contributed by atoms with Crippen LogP contribution in [-0.4, -0.2) is 60.5 Å². The van der Waals surface area contributed by atoms with Gasteiger partial charge in [-0.25, -0.2) is 9.18 Å². The molecule has 1 amide bonds. The highest BCUT2D eigenvalue weighted by atomic mass is 19.1. The molecule has 1 heterocycles. The Morgan fingerprint density at radius 1 is 1.14 bits per heavy atom. The number of rotatable bonds is 4. The van der Waals surface area contributed by atoms with Crippen molar-refractivity contribution in [2.24, 2.45) is 5.92 Å². The van der Waals surface area contributed by atoms with Crippen molar-refractivity contribution in [2.75, 3.05) is 33.3 Å². The summed E-state index contributed by atoms with van der Waals surface area (Å²) in [6, 6.07) is 7.09. The zero-order valence-corrected chi connectivity index (χ0v) is 18.2. The van der Waals surface area contributed by atoms with Crippen LogP contribution in [0, 0.1) is 11.7 Å². The van der Waals surface area contributed by atoms with Gasteiger partial charge in [0, 0.05) is 33.3 Å². The van der Waals surface area contributed by atoms with Gasteiger partial charge in [-0.2, -0.15) is 0 Å². The van der Waals surface area contributed by atoms with Gasteiger partial charge in [0.05, 0.1) is 0 Å². The summed E-state index contributed by atoms with van der Waals surface area (Å²) >= 11 is 0. The Kier molecular flexibility index (Phi) is 6.84. The molecule has 2 fully saturated rings. The van der Waals surface area contributed by atoms with Crippen molar-refractivity contribution in [1.82, 2.24) is 9.80 Å². The number of hydrogen-bond acceptors (Lipinski definition) is 4. The molecular formula is C23H35FN2O3. The van der Waals surface area contributed by atoms with E-state index >= 15 is 0 Å². The van der Waals surface area contributed by atoms with Gasteiger partial charge < -0.3 is 14.4 Å². The number of nitrogens with zero attached hydrogens (tertiary/aromatic N) is 2. The number of benzene rings is 1. The summed E-state index contributed by atoms with van der Waals surface area (Å²) in [6.07, 6.45) is 4.48. The summed E-state index contributed by atoms with van der Waals surface area (Å²) in [4.78, 5) is 16.5. The van der Waals surface area contributed by atoms with Crippen LogP contribution in [0.1, 0.15) is 52.0 Å². The molecule has 5 nitrogen and oxygen atoms in total. The Morgan fingerprint density at radius 2 is 1.76 bits per heavy atom. The Labute approximate surface area is 174 Å². The van der Waals surface area contributed by atoms with Crippen LogP contribution >= 0.6 is 0 Å². The maximum absolute atomic E-state index is 14.0. The van der Waals surface area contributed by atoms with Crippen LogP contribution in [0.2, 0.25) is 0 Å². The lowest BCUT2D eigenvalue weighted by molar-refractivity contribution is -0.172. The molecule has 1 aliphatic carbocycles. The molecule has 0 atom stereocenters. The maximum atomic E-state index is 14.0. The molecule has 6 heteroatoms. The number of methoxy groups -OCH3 is 1. The lowest BCUT2D eigenvalue weighted by atomic mass is 9.79. The van der Waals surface area contributed by atoms with Crippen molar-refractivity contribution in [1.29, 1.82) is 0 Å². The second-order valence-corrected chi connectivity index (χ2v) is 9.34. The van der Waals surface area contributed by atoms with Gasteiger partial charge in [0.15, 0.2) is 0 Å². The lowest BCUT2D eigenvalue weighted by Crippen LogP contribution is -2.60. The van der Waals surface area contributed by atoms with Gasteiger partial charge in [0.2, 0.25) is 0 Å². The van der Waals surface area contributed by atoms with Gasteiger partial charge in [0.25, 0.3) is 0 Å². The number of carbonyl (C=O) groups excluding carboxylic acids is 1. The molecule has 1 saturated carbocycles. The SMILES string of the molecule is COC1(N2CCN(C(=O)OC(C)(C)C)CC2)CCC(Cc2ccccc2F)CC1. The fourth-order valence-corrected chi connectivity index (χ4v) is 4.58. The van der Waals surface area contributed by atoms with Crippen molar-refractivity contribution >= 4 is 6.09 Å². The minimum Gasteiger partial charge on any atom is -0.444 e. The van der Waals surface area contributed by atoms with E-state index in [1.807, 2.05) is 32.9 Å². The van der Waals surface area contributed by atoms with Crippen LogP contribution in [-0.2, 0) is 15.9 Å². The zero-order chi connectivity index (χ0) is 21.1. The normalized spacial score (nSPS) is 26.4. The standard InChI is InChI=1S/C23H35FN2O3/c1-22(2,3)29-21(27)25-13-15-26(16-14-25)23(28-4)11-9-18(10-12-23)17-19-7-5-6-8-20(19)24/h5-8,18H,9-17H2,1-4H3. The molecule has 0 unspecified atom stereocenters. The van der Waals surface area contributed by atoms with Crippen LogP contribution in [0.3, 0.4) is 0 Å². The van der Waals surface area contributed by atoms with Gasteiger partial charge >= 0.3 is 6.09 Å². The van der Waals surface area contributed by atoms with Gasteiger partial charge in [-0.1, -0.05) is 18.2 Å². The highest BCUT2D eigenvalue weighted by Gasteiger charge is 2.42. The monoisotopic (exact) mass is 406 g/mol. The van der Waals surface area contributed by atoms with E-state index in [0.717, 1.165) is 50.8 Å². The van der Waals surface area contributed by atoms with E-state index in [-0.39, 0.29) is 17.6 Å². The largest absolute Gasteiger partial charge is 0.444 e. The highest BCUT2D eigenvalue weighted by molar-refractivity contribution is 5.68. The van der Waals surface area contributed by atoms with Crippen molar-refractivity contribution in [2.45, 2.75) is 64.2 Å². The van der Waals surface area contributed by atoms with E-state index in [1.54, 1.807) is 24.1 Å². The Morgan fingerprint density at radius 3 is 2.31 bits per heavy atom. The zero-order valence-electron chi connectivity index (χ0n) is 18.2. The van der Waals surface area contributed by atoms with Crippen molar-refractivity contribution in [3.8, 4) is 0 Å². The summed E-state index contributed by atoms with van der Waals surface area (Å²) in [7, 11) is 1.79. The Balaban J connectivity index is 1.53. The van der Waals surface area contributed by atoms with E-state index in [0.29, 0.717) is 19.0 Å². The molecule has 1 aromatic rings. The number of piperazine rings is 1. The first kappa shape index (κ1) is 22.0. The first-order valence-electron chi connectivity index (χ1n) is 10.7. The number of carbonyl (C=O) groups is 1. The molecular weight excluding hydrogens is 371 g/mol. The topological polar surface area (TPSA) is 42.0 Å². The lowest BCUT2D eigenvalue weighted by Gasteiger charge is -2.49. The molecule has 162 valence electrons. The highest BCUT2D eigenvalue weighted by Crippen LogP contribution is 2.39. The molecule has 1 aromatic carbocycles. The first-order chi connectivity index (χ1) is 13.7. The Bertz CT molecular complexity index is 688.